The number of aromatic hydroxyl groups is 1. The van der Waals surface area contributed by atoms with E-state index in [1.54, 1.807) is 13.8 Å². The van der Waals surface area contributed by atoms with Gasteiger partial charge >= 0.3 is 0 Å². The lowest BCUT2D eigenvalue weighted by atomic mass is 9.93. The number of halogens is 3. The third-order valence-electron chi connectivity index (χ3n) is 4.83. The first-order valence-electron chi connectivity index (χ1n) is 9.34. The van der Waals surface area contributed by atoms with Crippen molar-refractivity contribution in [1.29, 1.82) is 0 Å². The number of hydrogen-bond donors (Lipinski definition) is 4. The number of carbonyl (C=O) groups is 1. The summed E-state index contributed by atoms with van der Waals surface area (Å²) in [6.07, 6.45) is -1.09. The van der Waals surface area contributed by atoms with Gasteiger partial charge in [-0.25, -0.2) is 8.78 Å². The highest BCUT2D eigenvalue weighted by atomic mass is 35.5. The summed E-state index contributed by atoms with van der Waals surface area (Å²) >= 11 is 0. The van der Waals surface area contributed by atoms with Gasteiger partial charge in [-0.2, -0.15) is 0 Å². The van der Waals surface area contributed by atoms with Crippen LogP contribution in [0.4, 0.5) is 14.5 Å². The van der Waals surface area contributed by atoms with Crippen molar-refractivity contribution in [3.05, 3.63) is 47.0 Å². The summed E-state index contributed by atoms with van der Waals surface area (Å²) in [6.45, 7) is 3.31. The fourth-order valence-corrected chi connectivity index (χ4v) is 3.31. The molecule has 0 saturated heterocycles. The molecule has 2 aromatic rings. The minimum atomic E-state index is -1.11. The Morgan fingerprint density at radius 1 is 1.26 bits per heavy atom. The van der Waals surface area contributed by atoms with Gasteiger partial charge in [-0.05, 0) is 26.3 Å². The lowest BCUT2D eigenvalue weighted by Gasteiger charge is -2.29. The van der Waals surface area contributed by atoms with E-state index in [4.69, 9.17) is 9.47 Å². The molecule has 4 N–H and O–H groups in total. The van der Waals surface area contributed by atoms with Gasteiger partial charge in [0, 0.05) is 41.4 Å². The predicted molar refractivity (Wildman–Crippen MR) is 113 cm³/mol. The molecule has 31 heavy (non-hydrogen) atoms. The van der Waals surface area contributed by atoms with Crippen molar-refractivity contribution in [2.45, 2.75) is 31.9 Å². The molecule has 3 rings (SSSR count). The van der Waals surface area contributed by atoms with Gasteiger partial charge in [0.2, 0.25) is 0 Å². The highest BCUT2D eigenvalue weighted by Crippen LogP contribution is 2.38. The Labute approximate surface area is 184 Å². The average molecular weight is 459 g/mol. The van der Waals surface area contributed by atoms with E-state index in [9.17, 15) is 23.8 Å². The van der Waals surface area contributed by atoms with Gasteiger partial charge in [0.05, 0.1) is 18.9 Å². The largest absolute Gasteiger partial charge is 0.508 e. The Morgan fingerprint density at radius 2 is 1.90 bits per heavy atom. The molecule has 1 aliphatic rings. The van der Waals surface area contributed by atoms with Gasteiger partial charge in [0.1, 0.15) is 28.9 Å². The van der Waals surface area contributed by atoms with Crippen LogP contribution in [0.15, 0.2) is 24.3 Å². The SMILES string of the molecule is COc1cc(F)c(CC(C)(C)NCC(O)c2cc(O)cc3c2OCC(=O)N3)c(F)c1.Cl. The van der Waals surface area contributed by atoms with E-state index in [2.05, 4.69) is 10.6 Å². The Morgan fingerprint density at radius 3 is 2.52 bits per heavy atom. The van der Waals surface area contributed by atoms with Gasteiger partial charge in [0.15, 0.2) is 6.61 Å². The fraction of sp³-hybridized carbons (Fsp3) is 0.381. The monoisotopic (exact) mass is 458 g/mol. The van der Waals surface area contributed by atoms with Gasteiger partial charge in [-0.15, -0.1) is 12.4 Å². The Bertz CT molecular complexity index is 948. The summed E-state index contributed by atoms with van der Waals surface area (Å²) in [5.41, 5.74) is -0.316. The van der Waals surface area contributed by atoms with Crippen molar-refractivity contribution in [1.82, 2.24) is 5.32 Å². The lowest BCUT2D eigenvalue weighted by molar-refractivity contribution is -0.118. The smallest absolute Gasteiger partial charge is 0.262 e. The molecule has 7 nitrogen and oxygen atoms in total. The number of phenols is 1. The maximum atomic E-state index is 14.3. The Kier molecular flexibility index (Phi) is 7.69. The minimum absolute atomic E-state index is 0. The summed E-state index contributed by atoms with van der Waals surface area (Å²) in [5.74, 6) is -1.57. The number of rotatable bonds is 7. The lowest BCUT2D eigenvalue weighted by Crippen LogP contribution is -2.44. The van der Waals surface area contributed by atoms with Crippen LogP contribution in [-0.4, -0.2) is 41.9 Å². The molecule has 1 heterocycles. The number of fused-ring (bicyclic) bond motifs is 1. The molecular weight excluding hydrogens is 434 g/mol. The molecule has 1 unspecified atom stereocenters. The maximum absolute atomic E-state index is 14.3. The molecule has 0 spiro atoms. The fourth-order valence-electron chi connectivity index (χ4n) is 3.31. The van der Waals surface area contributed by atoms with E-state index in [-0.39, 0.29) is 71.9 Å². The van der Waals surface area contributed by atoms with E-state index in [1.165, 1.54) is 19.2 Å². The van der Waals surface area contributed by atoms with Crippen LogP contribution in [0.2, 0.25) is 0 Å². The molecule has 0 saturated carbocycles. The number of ether oxygens (including phenoxy) is 2. The van der Waals surface area contributed by atoms with Crippen molar-refractivity contribution < 1.29 is 33.3 Å². The van der Waals surface area contributed by atoms with E-state index < -0.39 is 23.3 Å². The van der Waals surface area contributed by atoms with Crippen LogP contribution in [0.25, 0.3) is 0 Å². The number of carbonyl (C=O) groups excluding carboxylic acids is 1. The minimum Gasteiger partial charge on any atom is -0.508 e. The summed E-state index contributed by atoms with van der Waals surface area (Å²) in [7, 11) is 1.33. The molecule has 2 aromatic carbocycles. The molecule has 1 atom stereocenters. The van der Waals surface area contributed by atoms with Gasteiger partial charge in [-0.3, -0.25) is 4.79 Å². The normalized spacial score (nSPS) is 14.1. The van der Waals surface area contributed by atoms with Crippen molar-refractivity contribution >= 4 is 24.0 Å². The van der Waals surface area contributed by atoms with E-state index in [0.29, 0.717) is 0 Å². The zero-order chi connectivity index (χ0) is 22.1. The summed E-state index contributed by atoms with van der Waals surface area (Å²) in [4.78, 5) is 11.5. The van der Waals surface area contributed by atoms with Crippen molar-refractivity contribution in [2.75, 3.05) is 25.6 Å². The van der Waals surface area contributed by atoms with Gasteiger partial charge in [0.25, 0.3) is 5.91 Å². The van der Waals surface area contributed by atoms with Crippen LogP contribution in [0, 0.1) is 11.6 Å². The summed E-state index contributed by atoms with van der Waals surface area (Å²) in [5, 5.41) is 26.2. The molecule has 0 bridgehead atoms. The van der Waals surface area contributed by atoms with E-state index in [1.807, 2.05) is 0 Å². The second kappa shape index (κ2) is 9.67. The van der Waals surface area contributed by atoms with Crippen LogP contribution in [0.1, 0.15) is 31.1 Å². The standard InChI is InChI=1S/C21H24F2N2O5.ClH/c1-21(2,8-14-15(22)6-12(29-3)7-16(14)23)24-9-18(27)13-4-11(26)5-17-20(13)30-10-19(28)25-17;/h4-7,18,24,26-27H,8-10H2,1-3H3,(H,25,28);1H. The topological polar surface area (TPSA) is 100 Å². The third-order valence-corrected chi connectivity index (χ3v) is 4.83. The first-order chi connectivity index (χ1) is 14.1. The highest BCUT2D eigenvalue weighted by Gasteiger charge is 2.27. The Hall–Kier alpha value is -2.62. The number of amides is 1. The molecule has 0 aromatic heterocycles. The van der Waals surface area contributed by atoms with Crippen LogP contribution in [-0.2, 0) is 11.2 Å². The Balaban J connectivity index is 0.00000341. The first kappa shape index (κ1) is 24.6. The molecule has 1 amide bonds. The quantitative estimate of drug-likeness (QED) is 0.509. The molecule has 0 radical (unpaired) electrons. The maximum Gasteiger partial charge on any atom is 0.262 e. The number of aliphatic hydroxyl groups is 1. The molecule has 0 aliphatic carbocycles. The number of anilines is 1. The summed E-state index contributed by atoms with van der Waals surface area (Å²) < 4.78 is 38.8. The molecule has 170 valence electrons. The van der Waals surface area contributed by atoms with Crippen LogP contribution < -0.4 is 20.1 Å². The number of methoxy groups -OCH3 is 1. The second-order valence-electron chi connectivity index (χ2n) is 7.78. The van der Waals surface area contributed by atoms with Gasteiger partial charge < -0.3 is 30.3 Å². The molecule has 1 aliphatic heterocycles. The number of phenolic OH excluding ortho intramolecular Hbond substituents is 1. The number of benzene rings is 2. The van der Waals surface area contributed by atoms with Crippen molar-refractivity contribution in [3.8, 4) is 17.2 Å². The number of β-amino-alcohol motifs (C(OH)–C–C–N with tert-alkyl or cyclic N) is 1. The van der Waals surface area contributed by atoms with E-state index in [0.717, 1.165) is 12.1 Å². The molecule has 0 fully saturated rings. The number of nitrogens with one attached hydrogen (secondary N) is 2. The average Bonchev–Trinajstić information content (AvgIpc) is 2.67. The number of aliphatic hydroxyl groups excluding tert-OH is 1. The van der Waals surface area contributed by atoms with Crippen LogP contribution in [0.5, 0.6) is 17.2 Å². The zero-order valence-corrected chi connectivity index (χ0v) is 18.1. The number of hydrogen-bond acceptors (Lipinski definition) is 6. The zero-order valence-electron chi connectivity index (χ0n) is 17.3. The van der Waals surface area contributed by atoms with Crippen molar-refractivity contribution in [3.63, 3.8) is 0 Å². The van der Waals surface area contributed by atoms with E-state index >= 15 is 0 Å². The van der Waals surface area contributed by atoms with Crippen LogP contribution >= 0.6 is 12.4 Å². The van der Waals surface area contributed by atoms with Crippen molar-refractivity contribution in [2.24, 2.45) is 0 Å². The summed E-state index contributed by atoms with van der Waals surface area (Å²) in [6, 6.07) is 4.91. The first-order valence-corrected chi connectivity index (χ1v) is 9.34. The second-order valence-corrected chi connectivity index (χ2v) is 7.78. The highest BCUT2D eigenvalue weighted by molar-refractivity contribution is 5.96. The third kappa shape index (κ3) is 5.75. The van der Waals surface area contributed by atoms with Crippen LogP contribution in [0.3, 0.4) is 0 Å². The predicted octanol–water partition coefficient (Wildman–Crippen LogP) is 3.08. The molecule has 10 heteroatoms. The molecular formula is C21H25ClF2N2O5. The van der Waals surface area contributed by atoms with Gasteiger partial charge in [-0.1, -0.05) is 0 Å².